The number of urea groups is 1. The number of hydrogen-bond acceptors (Lipinski definition) is 3. The van der Waals surface area contributed by atoms with Gasteiger partial charge in [0.1, 0.15) is 6.54 Å². The van der Waals surface area contributed by atoms with Crippen molar-refractivity contribution in [2.45, 2.75) is 50.7 Å². The van der Waals surface area contributed by atoms with Crippen molar-refractivity contribution in [3.05, 3.63) is 0 Å². The van der Waals surface area contributed by atoms with Crippen molar-refractivity contribution >= 4 is 12.0 Å². The van der Waals surface area contributed by atoms with Gasteiger partial charge in [0.15, 0.2) is 0 Å². The second-order valence-electron chi connectivity index (χ2n) is 6.45. The molecule has 21 heavy (non-hydrogen) atoms. The molecule has 0 spiro atoms. The molecule has 6 nitrogen and oxygen atoms in total. The molecule has 1 saturated heterocycles. The number of rotatable bonds is 4. The summed E-state index contributed by atoms with van der Waals surface area (Å²) in [6.07, 6.45) is 6.62. The van der Waals surface area contributed by atoms with E-state index in [1.807, 2.05) is 4.90 Å². The molecule has 3 fully saturated rings. The molecule has 2 atom stereocenters. The molecule has 2 aliphatic carbocycles. The van der Waals surface area contributed by atoms with Gasteiger partial charge in [-0.05, 0) is 31.6 Å². The summed E-state index contributed by atoms with van der Waals surface area (Å²) in [7, 11) is 0. The normalized spacial score (nSPS) is 28.9. The Labute approximate surface area is 125 Å². The van der Waals surface area contributed by atoms with Crippen LogP contribution in [0, 0.1) is 5.92 Å². The van der Waals surface area contributed by atoms with Crippen LogP contribution in [-0.4, -0.2) is 65.3 Å². The number of fused-ring (bicyclic) bond motifs is 1. The van der Waals surface area contributed by atoms with Crippen molar-refractivity contribution in [1.82, 2.24) is 9.80 Å². The van der Waals surface area contributed by atoms with Crippen molar-refractivity contribution < 1.29 is 19.4 Å². The summed E-state index contributed by atoms with van der Waals surface area (Å²) in [6, 6.07) is 0.0278. The van der Waals surface area contributed by atoms with E-state index in [0.29, 0.717) is 25.6 Å². The van der Waals surface area contributed by atoms with Crippen LogP contribution >= 0.6 is 0 Å². The number of carboxylic acids is 1. The number of ether oxygens (including phenoxy) is 1. The van der Waals surface area contributed by atoms with Gasteiger partial charge in [0, 0.05) is 13.1 Å². The predicted octanol–water partition coefficient (Wildman–Crippen LogP) is 1.55. The zero-order valence-electron chi connectivity index (χ0n) is 12.4. The minimum absolute atomic E-state index is 0.107. The lowest BCUT2D eigenvalue weighted by Crippen LogP contribution is -2.58. The highest BCUT2D eigenvalue weighted by molar-refractivity contribution is 5.80. The first-order valence-electron chi connectivity index (χ1n) is 8.04. The number of aliphatic carboxylic acids is 1. The van der Waals surface area contributed by atoms with Crippen LogP contribution in [-0.2, 0) is 9.53 Å². The molecule has 1 N–H and O–H groups in total. The lowest BCUT2D eigenvalue weighted by molar-refractivity contribution is -0.138. The molecule has 3 aliphatic rings. The molecule has 0 radical (unpaired) electrons. The van der Waals surface area contributed by atoms with Gasteiger partial charge in [-0.15, -0.1) is 0 Å². The molecule has 2 saturated carbocycles. The van der Waals surface area contributed by atoms with Gasteiger partial charge in [-0.3, -0.25) is 4.79 Å². The zero-order chi connectivity index (χ0) is 14.8. The molecular formula is C15H24N2O4. The number of hydrogen-bond donors (Lipinski definition) is 1. The van der Waals surface area contributed by atoms with Gasteiger partial charge in [0.2, 0.25) is 0 Å². The fraction of sp³-hybridized carbons (Fsp3) is 0.867. The maximum Gasteiger partial charge on any atom is 0.323 e. The maximum atomic E-state index is 12.8. The van der Waals surface area contributed by atoms with Crippen LogP contribution in [0.15, 0.2) is 0 Å². The van der Waals surface area contributed by atoms with Gasteiger partial charge in [-0.1, -0.05) is 12.8 Å². The molecular weight excluding hydrogens is 272 g/mol. The van der Waals surface area contributed by atoms with E-state index in [-0.39, 0.29) is 24.7 Å². The Morgan fingerprint density at radius 2 is 1.95 bits per heavy atom. The van der Waals surface area contributed by atoms with Crippen molar-refractivity contribution in [2.75, 3.05) is 26.2 Å². The van der Waals surface area contributed by atoms with Crippen molar-refractivity contribution in [3.8, 4) is 0 Å². The van der Waals surface area contributed by atoms with Gasteiger partial charge < -0.3 is 19.6 Å². The summed E-state index contributed by atoms with van der Waals surface area (Å²) in [5, 5.41) is 9.06. The summed E-state index contributed by atoms with van der Waals surface area (Å²) >= 11 is 0. The summed E-state index contributed by atoms with van der Waals surface area (Å²) in [5.74, 6) is -0.436. The third kappa shape index (κ3) is 3.48. The number of carbonyl (C=O) groups excluding carboxylic acids is 1. The molecule has 0 aromatic carbocycles. The predicted molar refractivity (Wildman–Crippen MR) is 76.0 cm³/mol. The number of carbonyl (C=O) groups is 2. The minimum Gasteiger partial charge on any atom is -0.480 e. The van der Waals surface area contributed by atoms with Crippen molar-refractivity contribution in [2.24, 2.45) is 5.92 Å². The number of morpholine rings is 1. The van der Waals surface area contributed by atoms with Crippen LogP contribution in [0.1, 0.15) is 38.5 Å². The fourth-order valence-corrected chi connectivity index (χ4v) is 3.50. The molecule has 118 valence electrons. The van der Waals surface area contributed by atoms with Gasteiger partial charge in [0.25, 0.3) is 0 Å². The van der Waals surface area contributed by atoms with Crippen LogP contribution < -0.4 is 0 Å². The average molecular weight is 296 g/mol. The Morgan fingerprint density at radius 3 is 2.67 bits per heavy atom. The van der Waals surface area contributed by atoms with Crippen LogP contribution in [0.25, 0.3) is 0 Å². The highest BCUT2D eigenvalue weighted by atomic mass is 16.5. The number of nitrogens with zero attached hydrogens (tertiary/aromatic N) is 2. The fourth-order valence-electron chi connectivity index (χ4n) is 3.50. The Kier molecular flexibility index (Phi) is 4.33. The van der Waals surface area contributed by atoms with Crippen molar-refractivity contribution in [1.29, 1.82) is 0 Å². The second-order valence-corrected chi connectivity index (χ2v) is 6.45. The van der Waals surface area contributed by atoms with E-state index in [0.717, 1.165) is 38.5 Å². The second kappa shape index (κ2) is 6.22. The van der Waals surface area contributed by atoms with E-state index in [4.69, 9.17) is 9.84 Å². The molecule has 0 aromatic rings. The monoisotopic (exact) mass is 296 g/mol. The first-order chi connectivity index (χ1) is 10.1. The van der Waals surface area contributed by atoms with Gasteiger partial charge in [-0.25, -0.2) is 4.79 Å². The molecule has 2 unspecified atom stereocenters. The standard InChI is InChI=1S/C15H24N2O4/c18-14(19)10-16(9-11-5-6-11)15(20)17-7-8-21-13-4-2-1-3-12(13)17/h11-13H,1-10H2,(H,18,19). The third-order valence-electron chi connectivity index (χ3n) is 4.75. The first kappa shape index (κ1) is 14.6. The van der Waals surface area contributed by atoms with E-state index in [1.165, 1.54) is 4.90 Å². The highest BCUT2D eigenvalue weighted by Gasteiger charge is 2.39. The van der Waals surface area contributed by atoms with Gasteiger partial charge in [0.05, 0.1) is 18.8 Å². The summed E-state index contributed by atoms with van der Waals surface area (Å²) < 4.78 is 5.79. The zero-order valence-corrected chi connectivity index (χ0v) is 12.4. The quantitative estimate of drug-likeness (QED) is 0.854. The molecule has 1 aliphatic heterocycles. The highest BCUT2D eigenvalue weighted by Crippen LogP contribution is 2.32. The molecule has 2 amide bonds. The topological polar surface area (TPSA) is 70.1 Å². The van der Waals surface area contributed by atoms with E-state index in [9.17, 15) is 9.59 Å². The summed E-state index contributed by atoms with van der Waals surface area (Å²) in [4.78, 5) is 27.2. The van der Waals surface area contributed by atoms with E-state index < -0.39 is 5.97 Å². The lowest BCUT2D eigenvalue weighted by atomic mass is 9.90. The third-order valence-corrected chi connectivity index (χ3v) is 4.75. The number of amides is 2. The molecule has 0 aromatic heterocycles. The Hall–Kier alpha value is -1.30. The molecule has 0 bridgehead atoms. The smallest absolute Gasteiger partial charge is 0.323 e. The average Bonchev–Trinajstić information content (AvgIpc) is 3.29. The van der Waals surface area contributed by atoms with Crippen LogP contribution in [0.3, 0.4) is 0 Å². The van der Waals surface area contributed by atoms with E-state index >= 15 is 0 Å². The van der Waals surface area contributed by atoms with Gasteiger partial charge >= 0.3 is 12.0 Å². The molecule has 1 heterocycles. The number of carboxylic acid groups (broad SMARTS) is 1. The summed E-state index contributed by atoms with van der Waals surface area (Å²) in [5.41, 5.74) is 0. The molecule has 6 heteroatoms. The minimum atomic E-state index is -0.933. The van der Waals surface area contributed by atoms with Crippen molar-refractivity contribution in [3.63, 3.8) is 0 Å². The van der Waals surface area contributed by atoms with Crippen LogP contribution in [0.2, 0.25) is 0 Å². The summed E-state index contributed by atoms with van der Waals surface area (Å²) in [6.45, 7) is 1.54. The first-order valence-corrected chi connectivity index (χ1v) is 8.04. The molecule has 3 rings (SSSR count). The SMILES string of the molecule is O=C(O)CN(CC1CC1)C(=O)N1CCOC2CCCCC21. The lowest BCUT2D eigenvalue weighted by Gasteiger charge is -2.45. The van der Waals surface area contributed by atoms with Crippen LogP contribution in [0.5, 0.6) is 0 Å². The largest absolute Gasteiger partial charge is 0.480 e. The Morgan fingerprint density at radius 1 is 1.19 bits per heavy atom. The van der Waals surface area contributed by atoms with Crippen LogP contribution in [0.4, 0.5) is 4.79 Å². The Balaban J connectivity index is 1.68. The maximum absolute atomic E-state index is 12.8. The Bertz CT molecular complexity index is 408. The van der Waals surface area contributed by atoms with Gasteiger partial charge in [-0.2, -0.15) is 0 Å². The van der Waals surface area contributed by atoms with E-state index in [1.54, 1.807) is 0 Å². The van der Waals surface area contributed by atoms with E-state index in [2.05, 4.69) is 0 Å².